The number of nitrogens with one attached hydrogen (secondary N) is 2. The van der Waals surface area contributed by atoms with E-state index in [4.69, 9.17) is 0 Å². The van der Waals surface area contributed by atoms with Crippen molar-refractivity contribution in [3.8, 4) is 0 Å². The maximum absolute atomic E-state index is 11.7. The number of nitrogens with zero attached hydrogens (tertiary/aromatic N) is 1. The molecule has 1 heterocycles. The van der Waals surface area contributed by atoms with Gasteiger partial charge in [-0.3, -0.25) is 25.3 Å². The normalized spacial score (nSPS) is 19.4. The van der Waals surface area contributed by atoms with Crippen LogP contribution in [0.15, 0.2) is 30.3 Å². The Morgan fingerprint density at radius 3 is 2.70 bits per heavy atom. The molecule has 6 nitrogen and oxygen atoms in total. The highest BCUT2D eigenvalue weighted by Crippen LogP contribution is 2.08. The first-order chi connectivity index (χ1) is 9.65. The van der Waals surface area contributed by atoms with Gasteiger partial charge in [-0.1, -0.05) is 18.2 Å². The third-order valence-electron chi connectivity index (χ3n) is 3.20. The van der Waals surface area contributed by atoms with Crippen LogP contribution < -0.4 is 10.9 Å². The predicted molar refractivity (Wildman–Crippen MR) is 73.7 cm³/mol. The maximum Gasteiger partial charge on any atom is 0.269 e. The van der Waals surface area contributed by atoms with E-state index in [1.807, 2.05) is 11.0 Å². The van der Waals surface area contributed by atoms with Crippen LogP contribution in [0.3, 0.4) is 0 Å². The van der Waals surface area contributed by atoms with Gasteiger partial charge in [-0.2, -0.15) is 0 Å². The third kappa shape index (κ3) is 4.32. The summed E-state index contributed by atoms with van der Waals surface area (Å²) in [6.07, 6.45) is 1.30. The van der Waals surface area contributed by atoms with Crippen LogP contribution in [-0.4, -0.2) is 47.6 Å². The fourth-order valence-corrected chi connectivity index (χ4v) is 2.21. The molecule has 0 radical (unpaired) electrons. The van der Waals surface area contributed by atoms with Crippen LogP contribution in [0.25, 0.3) is 0 Å². The number of likely N-dealkylation sites (tertiary alicyclic amines) is 1. The summed E-state index contributed by atoms with van der Waals surface area (Å²) in [6, 6.07) is 8.67. The summed E-state index contributed by atoms with van der Waals surface area (Å²) in [6.45, 7) is 1.46. The highest BCUT2D eigenvalue weighted by atomic mass is 16.3. The first-order valence-corrected chi connectivity index (χ1v) is 6.70. The molecular weight excluding hydrogens is 258 g/mol. The van der Waals surface area contributed by atoms with Gasteiger partial charge in [-0.15, -0.1) is 0 Å². The molecule has 1 aromatic rings. The number of carbonyl (C=O) groups excluding carboxylic acids is 2. The van der Waals surface area contributed by atoms with Crippen LogP contribution in [0.2, 0.25) is 0 Å². The van der Waals surface area contributed by atoms with Crippen molar-refractivity contribution in [2.75, 3.05) is 19.6 Å². The Bertz CT molecular complexity index is 464. The zero-order valence-electron chi connectivity index (χ0n) is 11.2. The standard InChI is InChI=1S/C14H19N3O3/c18-12-7-4-8-17(9-12)10-13(19)15-16-14(20)11-5-2-1-3-6-11/h1-3,5-6,12,18H,4,7-10H2,(H,15,19)(H,16,20)/t12-/m0/s1. The second-order valence-corrected chi connectivity index (χ2v) is 4.90. The first-order valence-electron chi connectivity index (χ1n) is 6.70. The number of carbonyl (C=O) groups is 2. The third-order valence-corrected chi connectivity index (χ3v) is 3.20. The quantitative estimate of drug-likeness (QED) is 0.674. The number of hydrazine groups is 1. The maximum atomic E-state index is 11.7. The van der Waals surface area contributed by atoms with Crippen molar-refractivity contribution in [1.82, 2.24) is 15.8 Å². The number of benzene rings is 1. The number of aliphatic hydroxyl groups excluding tert-OH is 1. The molecule has 1 aliphatic heterocycles. The average molecular weight is 277 g/mol. The lowest BCUT2D eigenvalue weighted by Crippen LogP contribution is -2.49. The summed E-state index contributed by atoms with van der Waals surface area (Å²) < 4.78 is 0. The number of hydrogen-bond acceptors (Lipinski definition) is 4. The van der Waals surface area contributed by atoms with Crippen LogP contribution in [0.1, 0.15) is 23.2 Å². The largest absolute Gasteiger partial charge is 0.392 e. The fourth-order valence-electron chi connectivity index (χ4n) is 2.21. The number of aliphatic hydroxyl groups is 1. The van der Waals surface area contributed by atoms with E-state index in [1.54, 1.807) is 24.3 Å². The summed E-state index contributed by atoms with van der Waals surface area (Å²) in [5, 5.41) is 9.52. The Morgan fingerprint density at radius 1 is 1.25 bits per heavy atom. The molecule has 1 saturated heterocycles. The van der Waals surface area contributed by atoms with Crippen LogP contribution in [-0.2, 0) is 4.79 Å². The Morgan fingerprint density at radius 2 is 2.00 bits per heavy atom. The van der Waals surface area contributed by atoms with Gasteiger partial charge in [0.05, 0.1) is 12.6 Å². The Balaban J connectivity index is 1.73. The van der Waals surface area contributed by atoms with Gasteiger partial charge in [0, 0.05) is 12.1 Å². The van der Waals surface area contributed by atoms with Crippen molar-refractivity contribution in [2.45, 2.75) is 18.9 Å². The van der Waals surface area contributed by atoms with Gasteiger partial charge in [-0.05, 0) is 31.5 Å². The van der Waals surface area contributed by atoms with Crippen molar-refractivity contribution < 1.29 is 14.7 Å². The molecule has 2 amide bonds. The van der Waals surface area contributed by atoms with E-state index in [9.17, 15) is 14.7 Å². The van der Waals surface area contributed by atoms with Gasteiger partial charge < -0.3 is 5.11 Å². The van der Waals surface area contributed by atoms with Crippen LogP contribution in [0.4, 0.5) is 0 Å². The molecule has 0 aromatic heterocycles. The number of piperidine rings is 1. The van der Waals surface area contributed by atoms with Crippen LogP contribution >= 0.6 is 0 Å². The zero-order chi connectivity index (χ0) is 14.4. The molecule has 0 aliphatic carbocycles. The number of hydrogen-bond donors (Lipinski definition) is 3. The second kappa shape index (κ2) is 7.02. The van der Waals surface area contributed by atoms with E-state index in [2.05, 4.69) is 10.9 Å². The summed E-state index contributed by atoms with van der Waals surface area (Å²) in [5.41, 5.74) is 5.24. The number of β-amino-alcohol motifs (C(OH)–C–C–N with tert-alkyl or cyclic N) is 1. The molecule has 108 valence electrons. The number of amides is 2. The summed E-state index contributed by atoms with van der Waals surface area (Å²) in [7, 11) is 0. The van der Waals surface area contributed by atoms with Crippen molar-refractivity contribution >= 4 is 11.8 Å². The van der Waals surface area contributed by atoms with Gasteiger partial charge in [0.15, 0.2) is 0 Å². The lowest BCUT2D eigenvalue weighted by atomic mass is 10.1. The minimum atomic E-state index is -0.365. The summed E-state index contributed by atoms with van der Waals surface area (Å²) in [4.78, 5) is 25.3. The predicted octanol–water partition coefficient (Wildman–Crippen LogP) is -0.0957. The molecule has 20 heavy (non-hydrogen) atoms. The van der Waals surface area contributed by atoms with Gasteiger partial charge in [0.2, 0.25) is 0 Å². The van der Waals surface area contributed by atoms with E-state index in [-0.39, 0.29) is 24.5 Å². The smallest absolute Gasteiger partial charge is 0.269 e. The number of rotatable bonds is 3. The lowest BCUT2D eigenvalue weighted by Gasteiger charge is -2.29. The van der Waals surface area contributed by atoms with Crippen molar-refractivity contribution in [1.29, 1.82) is 0 Å². The molecule has 6 heteroatoms. The molecule has 0 saturated carbocycles. The first kappa shape index (κ1) is 14.5. The molecular formula is C14H19N3O3. The zero-order valence-corrected chi connectivity index (χ0v) is 11.2. The Labute approximate surface area is 117 Å². The topological polar surface area (TPSA) is 81.7 Å². The van der Waals surface area contributed by atoms with Gasteiger partial charge in [0.1, 0.15) is 0 Å². The molecule has 2 rings (SSSR count). The molecule has 0 spiro atoms. The van der Waals surface area contributed by atoms with E-state index in [1.165, 1.54) is 0 Å². The summed E-state index contributed by atoms with van der Waals surface area (Å²) in [5.74, 6) is -0.638. The van der Waals surface area contributed by atoms with E-state index in [0.717, 1.165) is 19.4 Å². The molecule has 0 unspecified atom stereocenters. The molecule has 3 N–H and O–H groups in total. The van der Waals surface area contributed by atoms with Crippen molar-refractivity contribution in [3.05, 3.63) is 35.9 Å². The van der Waals surface area contributed by atoms with E-state index in [0.29, 0.717) is 12.1 Å². The Kier molecular flexibility index (Phi) is 5.09. The van der Waals surface area contributed by atoms with Gasteiger partial charge in [-0.25, -0.2) is 0 Å². The summed E-state index contributed by atoms with van der Waals surface area (Å²) >= 11 is 0. The lowest BCUT2D eigenvalue weighted by molar-refractivity contribution is -0.123. The van der Waals surface area contributed by atoms with E-state index >= 15 is 0 Å². The SMILES string of the molecule is O=C(CN1CCC[C@H](O)C1)NNC(=O)c1ccccc1. The molecule has 0 bridgehead atoms. The van der Waals surface area contributed by atoms with Gasteiger partial charge >= 0.3 is 0 Å². The molecule has 1 fully saturated rings. The molecule has 1 aromatic carbocycles. The second-order valence-electron chi connectivity index (χ2n) is 4.90. The minimum Gasteiger partial charge on any atom is -0.392 e. The monoisotopic (exact) mass is 277 g/mol. The molecule has 1 aliphatic rings. The van der Waals surface area contributed by atoms with Crippen LogP contribution in [0, 0.1) is 0 Å². The average Bonchev–Trinajstić information content (AvgIpc) is 2.46. The highest BCUT2D eigenvalue weighted by molar-refractivity contribution is 5.95. The Hall–Kier alpha value is -1.92. The minimum absolute atomic E-state index is 0.173. The highest BCUT2D eigenvalue weighted by Gasteiger charge is 2.19. The fraction of sp³-hybridized carbons (Fsp3) is 0.429. The molecule has 1 atom stereocenters. The van der Waals surface area contributed by atoms with E-state index < -0.39 is 0 Å². The van der Waals surface area contributed by atoms with Crippen LogP contribution in [0.5, 0.6) is 0 Å². The van der Waals surface area contributed by atoms with Crippen molar-refractivity contribution in [2.24, 2.45) is 0 Å². The van der Waals surface area contributed by atoms with Gasteiger partial charge in [0.25, 0.3) is 11.8 Å². The van der Waals surface area contributed by atoms with Crippen molar-refractivity contribution in [3.63, 3.8) is 0 Å².